The number of Topliss-reactive ketones (excluding diaryl/α,β-unsaturated/α-hetero) is 1. The largest absolute Gasteiger partial charge is 0.393 e. The summed E-state index contributed by atoms with van der Waals surface area (Å²) in [6.45, 7) is 22.7. The first-order chi connectivity index (χ1) is 15.0. The van der Waals surface area contributed by atoms with Crippen molar-refractivity contribution >= 4 is 5.78 Å². The fourth-order valence-electron chi connectivity index (χ4n) is 11.0. The summed E-state index contributed by atoms with van der Waals surface area (Å²) in [5.74, 6) is 2.49. The molecule has 0 heterocycles. The van der Waals surface area contributed by atoms with Crippen LogP contribution in [0.5, 0.6) is 0 Å². The number of hydrogen-bond acceptors (Lipinski definition) is 3. The smallest absolute Gasteiger partial charge is 0.145 e. The zero-order valence-electron chi connectivity index (χ0n) is 23.1. The molecule has 0 aromatic heterocycles. The van der Waals surface area contributed by atoms with Crippen molar-refractivity contribution < 1.29 is 15.0 Å². The molecule has 2 N–H and O–H groups in total. The Morgan fingerprint density at radius 3 is 2.18 bits per heavy atom. The highest BCUT2D eigenvalue weighted by molar-refractivity contribution is 5.89. The number of ketones is 1. The summed E-state index contributed by atoms with van der Waals surface area (Å²) in [6.07, 6.45) is 4.76. The lowest BCUT2D eigenvalue weighted by atomic mass is 9.34. The van der Waals surface area contributed by atoms with Gasteiger partial charge in [-0.2, -0.15) is 0 Å². The first kappa shape index (κ1) is 25.7. The van der Waals surface area contributed by atoms with Gasteiger partial charge in [0, 0.05) is 11.3 Å². The van der Waals surface area contributed by atoms with Crippen molar-refractivity contribution in [2.24, 2.45) is 69.0 Å². The lowest BCUT2D eigenvalue weighted by molar-refractivity contribution is -0.235. The van der Waals surface area contributed by atoms with Gasteiger partial charge in [-0.3, -0.25) is 4.79 Å². The van der Waals surface area contributed by atoms with E-state index in [9.17, 15) is 15.0 Å². The van der Waals surface area contributed by atoms with Gasteiger partial charge in [-0.05, 0) is 96.7 Å². The average molecular weight is 461 g/mol. The van der Waals surface area contributed by atoms with Gasteiger partial charge >= 0.3 is 0 Å². The highest BCUT2D eigenvalue weighted by Gasteiger charge is 2.70. The molecule has 4 rings (SSSR count). The molecule has 0 aromatic rings. The molecule has 13 atom stereocenters. The van der Waals surface area contributed by atoms with E-state index in [1.165, 1.54) is 19.3 Å². The van der Waals surface area contributed by atoms with Gasteiger partial charge in [0.05, 0.1) is 12.2 Å². The van der Waals surface area contributed by atoms with E-state index in [1.807, 2.05) is 0 Å². The number of carbonyl (C=O) groups excluding carboxylic acids is 1. The van der Waals surface area contributed by atoms with Crippen LogP contribution < -0.4 is 0 Å². The van der Waals surface area contributed by atoms with Crippen molar-refractivity contribution in [3.63, 3.8) is 0 Å². The van der Waals surface area contributed by atoms with Gasteiger partial charge in [-0.25, -0.2) is 0 Å². The van der Waals surface area contributed by atoms with Crippen molar-refractivity contribution in [1.82, 2.24) is 0 Å². The number of carbonyl (C=O) groups is 1. The highest BCUT2D eigenvalue weighted by Crippen LogP contribution is 2.72. The van der Waals surface area contributed by atoms with E-state index in [2.05, 4.69) is 62.3 Å². The van der Waals surface area contributed by atoms with Crippen LogP contribution in [0.4, 0.5) is 0 Å². The van der Waals surface area contributed by atoms with Gasteiger partial charge in [0.25, 0.3) is 0 Å². The van der Waals surface area contributed by atoms with Gasteiger partial charge in [0.1, 0.15) is 5.78 Å². The van der Waals surface area contributed by atoms with Gasteiger partial charge in [-0.1, -0.05) is 62.3 Å². The third-order valence-corrected chi connectivity index (χ3v) is 12.3. The second-order valence-electron chi connectivity index (χ2n) is 15.2. The minimum absolute atomic E-state index is 0.0697. The average Bonchev–Trinajstić information content (AvgIpc) is 2.63. The molecule has 0 amide bonds. The minimum Gasteiger partial charge on any atom is -0.393 e. The van der Waals surface area contributed by atoms with Crippen LogP contribution in [-0.2, 0) is 4.79 Å². The minimum atomic E-state index is -0.610. The molecule has 190 valence electrons. The molecule has 33 heavy (non-hydrogen) atoms. The summed E-state index contributed by atoms with van der Waals surface area (Å²) in [4.78, 5) is 14.1. The van der Waals surface area contributed by atoms with Crippen LogP contribution in [-0.4, -0.2) is 28.2 Å². The number of hydrogen-bond donors (Lipinski definition) is 2. The van der Waals surface area contributed by atoms with E-state index in [0.717, 1.165) is 12.8 Å². The monoisotopic (exact) mass is 460 g/mol. The van der Waals surface area contributed by atoms with Gasteiger partial charge in [0.2, 0.25) is 0 Å². The van der Waals surface area contributed by atoms with E-state index in [-0.39, 0.29) is 51.8 Å². The number of fused-ring (bicyclic) bond motifs is 3. The van der Waals surface area contributed by atoms with E-state index in [1.54, 1.807) is 6.92 Å². The Hall–Kier alpha value is -0.410. The third kappa shape index (κ3) is 3.45. The summed E-state index contributed by atoms with van der Waals surface area (Å²) >= 11 is 0. The van der Waals surface area contributed by atoms with E-state index in [0.29, 0.717) is 23.7 Å². The lowest BCUT2D eigenvalue weighted by Gasteiger charge is -2.70. The molecule has 0 radical (unpaired) electrons. The highest BCUT2D eigenvalue weighted by atomic mass is 16.3. The molecule has 4 saturated carbocycles. The third-order valence-electron chi connectivity index (χ3n) is 12.3. The molecule has 4 aliphatic carbocycles. The predicted octanol–water partition coefficient (Wildman–Crippen LogP) is 6.36. The van der Waals surface area contributed by atoms with Gasteiger partial charge in [0.15, 0.2) is 0 Å². The van der Waals surface area contributed by atoms with Crippen LogP contribution in [0, 0.1) is 69.0 Å². The van der Waals surface area contributed by atoms with Crippen LogP contribution in [0.2, 0.25) is 0 Å². The first-order valence-electron chi connectivity index (χ1n) is 13.9. The van der Waals surface area contributed by atoms with Crippen molar-refractivity contribution in [3.8, 4) is 0 Å². The fraction of sp³-hybridized carbons (Fsp3) is 0.967. The Labute approximate surface area is 203 Å². The molecule has 0 bridgehead atoms. The summed E-state index contributed by atoms with van der Waals surface area (Å²) in [6, 6.07) is 0. The lowest BCUT2D eigenvalue weighted by Crippen LogP contribution is -2.69. The number of aliphatic hydroxyl groups is 2. The summed E-state index contributed by atoms with van der Waals surface area (Å²) in [5.41, 5.74) is -0.255. The maximum atomic E-state index is 14.1. The molecular formula is C30H52O3. The second kappa shape index (κ2) is 7.79. The van der Waals surface area contributed by atoms with Crippen LogP contribution in [0.25, 0.3) is 0 Å². The summed E-state index contributed by atoms with van der Waals surface area (Å²) in [7, 11) is 0. The number of aliphatic hydroxyl groups excluding tert-OH is 2. The Balaban J connectivity index is 1.75. The van der Waals surface area contributed by atoms with Crippen LogP contribution in [0.15, 0.2) is 0 Å². The maximum Gasteiger partial charge on any atom is 0.145 e. The Bertz CT molecular complexity index is 782. The van der Waals surface area contributed by atoms with E-state index < -0.39 is 11.5 Å². The normalized spacial score (nSPS) is 55.9. The van der Waals surface area contributed by atoms with Gasteiger partial charge in [-0.15, -0.1) is 0 Å². The molecule has 3 nitrogen and oxygen atoms in total. The zero-order valence-corrected chi connectivity index (χ0v) is 23.1. The van der Waals surface area contributed by atoms with Crippen molar-refractivity contribution in [1.29, 1.82) is 0 Å². The zero-order chi connectivity index (χ0) is 24.9. The summed E-state index contributed by atoms with van der Waals surface area (Å²) < 4.78 is 0. The van der Waals surface area contributed by atoms with Crippen LogP contribution in [0.1, 0.15) is 101 Å². The molecular weight excluding hydrogens is 408 g/mol. The standard InChI is InChI=1S/C30H52O3/c1-16-13-29(9)15-28(8)14-20-11-12-21(27(5,6)7)17(2)23(20)25(32)24(28)18(3)30(29,10)26(33)22(16)19(4)31/h16-25,31-32H,11-15H2,1-10H3. The molecule has 0 aliphatic heterocycles. The Morgan fingerprint density at radius 2 is 1.64 bits per heavy atom. The molecule has 4 aliphatic rings. The fourth-order valence-corrected chi connectivity index (χ4v) is 11.0. The van der Waals surface area contributed by atoms with Crippen molar-refractivity contribution in [2.75, 3.05) is 0 Å². The summed E-state index contributed by atoms with van der Waals surface area (Å²) in [5, 5.41) is 22.7. The van der Waals surface area contributed by atoms with Gasteiger partial charge < -0.3 is 10.2 Å². The van der Waals surface area contributed by atoms with E-state index in [4.69, 9.17) is 0 Å². The predicted molar refractivity (Wildman–Crippen MR) is 134 cm³/mol. The molecule has 13 unspecified atom stereocenters. The molecule has 4 fully saturated rings. The van der Waals surface area contributed by atoms with E-state index >= 15 is 0 Å². The molecule has 0 spiro atoms. The topological polar surface area (TPSA) is 57.5 Å². The molecule has 0 aromatic carbocycles. The van der Waals surface area contributed by atoms with Crippen molar-refractivity contribution in [2.45, 2.75) is 114 Å². The van der Waals surface area contributed by atoms with Crippen molar-refractivity contribution in [3.05, 3.63) is 0 Å². The Kier molecular flexibility index (Phi) is 6.06. The Morgan fingerprint density at radius 1 is 1.03 bits per heavy atom. The molecule has 3 heteroatoms. The SMILES string of the molecule is CC(O)C1C(=O)C2(C)C(C)C3C(O)C4C(CCC(C(C)(C)C)C4C)CC3(C)CC2(C)CC1C. The molecule has 0 saturated heterocycles. The second-order valence-corrected chi connectivity index (χ2v) is 15.2. The quantitative estimate of drug-likeness (QED) is 0.479. The van der Waals surface area contributed by atoms with Crippen LogP contribution >= 0.6 is 0 Å². The van der Waals surface area contributed by atoms with Crippen LogP contribution in [0.3, 0.4) is 0 Å². The number of rotatable bonds is 1. The first-order valence-corrected chi connectivity index (χ1v) is 13.9. The maximum absolute atomic E-state index is 14.1.